The molecule has 0 spiro atoms. The highest BCUT2D eigenvalue weighted by Crippen LogP contribution is 2.40. The molecule has 1 unspecified atom stereocenters. The first-order valence-electron chi connectivity index (χ1n) is 4.50. The summed E-state index contributed by atoms with van der Waals surface area (Å²) in [7, 11) is -1.46. The van der Waals surface area contributed by atoms with Crippen molar-refractivity contribution < 1.29 is 17.6 Å². The van der Waals surface area contributed by atoms with Crippen molar-refractivity contribution in [1.29, 1.82) is 0 Å². The average Bonchev–Trinajstić information content (AvgIpc) is 2.14. The van der Waals surface area contributed by atoms with Gasteiger partial charge in [0.05, 0.1) is 6.16 Å². The van der Waals surface area contributed by atoms with Gasteiger partial charge in [-0.05, 0) is 12.2 Å². The van der Waals surface area contributed by atoms with Crippen LogP contribution >= 0.6 is 7.92 Å². The van der Waals surface area contributed by atoms with Gasteiger partial charge in [0.1, 0.15) is 5.82 Å². The zero-order chi connectivity index (χ0) is 11.5. The van der Waals surface area contributed by atoms with Crippen molar-refractivity contribution in [2.24, 2.45) is 0 Å². The summed E-state index contributed by atoms with van der Waals surface area (Å²) in [5, 5.41) is 0.215. The van der Waals surface area contributed by atoms with Crippen LogP contribution in [0.2, 0.25) is 0 Å². The molecule has 0 aliphatic carbocycles. The van der Waals surface area contributed by atoms with Gasteiger partial charge in [-0.3, -0.25) is 0 Å². The van der Waals surface area contributed by atoms with E-state index >= 15 is 0 Å². The third kappa shape index (κ3) is 3.78. The van der Waals surface area contributed by atoms with Gasteiger partial charge >= 0.3 is 6.18 Å². The second-order valence-electron chi connectivity index (χ2n) is 3.08. The highest BCUT2D eigenvalue weighted by molar-refractivity contribution is 7.65. The molecule has 0 bridgehead atoms. The van der Waals surface area contributed by atoms with E-state index in [0.717, 1.165) is 0 Å². The number of hydrogen-bond donors (Lipinski definition) is 0. The van der Waals surface area contributed by atoms with E-state index in [9.17, 15) is 17.6 Å². The summed E-state index contributed by atoms with van der Waals surface area (Å²) < 4.78 is 49.9. The standard InChI is InChI=1S/C10H11F4P/c1-2-15(7-10(12,13)14)9-6-4-3-5-8(9)11/h3-6H,2,7H2,1H3. The van der Waals surface area contributed by atoms with Crippen molar-refractivity contribution >= 4 is 13.2 Å². The summed E-state index contributed by atoms with van der Waals surface area (Å²) in [5.74, 6) is -0.533. The van der Waals surface area contributed by atoms with E-state index in [1.807, 2.05) is 0 Å². The first kappa shape index (κ1) is 12.4. The minimum Gasteiger partial charge on any atom is -0.206 e. The third-order valence-electron chi connectivity index (χ3n) is 1.95. The summed E-state index contributed by atoms with van der Waals surface area (Å²) in [6, 6.07) is 5.70. The molecule has 0 saturated heterocycles. The molecule has 0 saturated carbocycles. The molecule has 15 heavy (non-hydrogen) atoms. The molecule has 0 aliphatic heterocycles. The molecule has 0 heterocycles. The maximum Gasteiger partial charge on any atom is 0.393 e. The van der Waals surface area contributed by atoms with Crippen LogP contribution in [0.15, 0.2) is 24.3 Å². The van der Waals surface area contributed by atoms with Crippen LogP contribution in [0.25, 0.3) is 0 Å². The lowest BCUT2D eigenvalue weighted by atomic mass is 10.3. The molecule has 0 N–H and O–H groups in total. The first-order chi connectivity index (χ1) is 6.94. The van der Waals surface area contributed by atoms with Crippen LogP contribution in [0.4, 0.5) is 17.6 Å². The molecule has 0 fully saturated rings. The number of alkyl halides is 3. The van der Waals surface area contributed by atoms with Crippen LogP contribution < -0.4 is 5.30 Å². The van der Waals surface area contributed by atoms with E-state index in [4.69, 9.17) is 0 Å². The summed E-state index contributed by atoms with van der Waals surface area (Å²) in [5.41, 5.74) is 0. The second-order valence-corrected chi connectivity index (χ2v) is 5.59. The van der Waals surface area contributed by atoms with Gasteiger partial charge in [0.25, 0.3) is 0 Å². The molecule has 5 heteroatoms. The lowest BCUT2D eigenvalue weighted by molar-refractivity contribution is -0.106. The Bertz CT molecular complexity index is 321. The molecular weight excluding hydrogens is 227 g/mol. The molecule has 1 rings (SSSR count). The molecule has 0 aromatic heterocycles. The fourth-order valence-corrected chi connectivity index (χ4v) is 3.13. The molecule has 0 radical (unpaired) electrons. The van der Waals surface area contributed by atoms with E-state index in [0.29, 0.717) is 6.16 Å². The minimum atomic E-state index is -4.22. The van der Waals surface area contributed by atoms with Crippen LogP contribution in [0.1, 0.15) is 6.92 Å². The molecule has 1 atom stereocenters. The van der Waals surface area contributed by atoms with Gasteiger partial charge in [-0.2, -0.15) is 13.2 Å². The normalized spacial score (nSPS) is 13.9. The SMILES string of the molecule is CCP(CC(F)(F)F)c1ccccc1F. The van der Waals surface area contributed by atoms with E-state index in [1.165, 1.54) is 18.2 Å². The van der Waals surface area contributed by atoms with E-state index in [1.54, 1.807) is 13.0 Å². The Hall–Kier alpha value is -0.630. The highest BCUT2D eigenvalue weighted by atomic mass is 31.1. The van der Waals surface area contributed by atoms with E-state index in [2.05, 4.69) is 0 Å². The molecule has 0 aliphatic rings. The van der Waals surface area contributed by atoms with Gasteiger partial charge in [-0.15, -0.1) is 0 Å². The van der Waals surface area contributed by atoms with Crippen molar-refractivity contribution in [1.82, 2.24) is 0 Å². The second kappa shape index (κ2) is 4.93. The summed E-state index contributed by atoms with van der Waals surface area (Å²) >= 11 is 0. The maximum atomic E-state index is 13.3. The predicted molar refractivity (Wildman–Crippen MR) is 54.4 cm³/mol. The van der Waals surface area contributed by atoms with Gasteiger partial charge in [0.2, 0.25) is 0 Å². The van der Waals surface area contributed by atoms with Crippen molar-refractivity contribution in [3.8, 4) is 0 Å². The lowest BCUT2D eigenvalue weighted by Crippen LogP contribution is -2.19. The number of benzene rings is 1. The Kier molecular flexibility index (Phi) is 4.09. The molecular formula is C10H11F4P. The monoisotopic (exact) mass is 238 g/mol. The number of rotatable bonds is 3. The Morgan fingerprint density at radius 2 is 1.80 bits per heavy atom. The largest absolute Gasteiger partial charge is 0.393 e. The topological polar surface area (TPSA) is 0 Å². The van der Waals surface area contributed by atoms with Crippen molar-refractivity contribution in [3.05, 3.63) is 30.1 Å². The fourth-order valence-electron chi connectivity index (χ4n) is 1.29. The van der Waals surface area contributed by atoms with Gasteiger partial charge < -0.3 is 0 Å². The zero-order valence-corrected chi connectivity index (χ0v) is 9.08. The summed E-state index contributed by atoms with van der Waals surface area (Å²) in [6.07, 6.45) is -4.78. The molecule has 84 valence electrons. The van der Waals surface area contributed by atoms with Crippen molar-refractivity contribution in [2.75, 3.05) is 12.3 Å². The van der Waals surface area contributed by atoms with Gasteiger partial charge in [-0.25, -0.2) is 4.39 Å². The Balaban J connectivity index is 2.88. The van der Waals surface area contributed by atoms with Crippen LogP contribution in [0, 0.1) is 5.82 Å². The summed E-state index contributed by atoms with van der Waals surface area (Å²) in [4.78, 5) is 0. The fraction of sp³-hybridized carbons (Fsp3) is 0.400. The first-order valence-corrected chi connectivity index (χ1v) is 6.21. The summed E-state index contributed by atoms with van der Waals surface area (Å²) in [6.45, 7) is 1.66. The Labute approximate surface area is 87.1 Å². The van der Waals surface area contributed by atoms with Gasteiger partial charge in [0.15, 0.2) is 0 Å². The van der Waals surface area contributed by atoms with Crippen LogP contribution in [0.3, 0.4) is 0 Å². The smallest absolute Gasteiger partial charge is 0.206 e. The lowest BCUT2D eigenvalue weighted by Gasteiger charge is -2.18. The van der Waals surface area contributed by atoms with Crippen LogP contribution in [0.5, 0.6) is 0 Å². The van der Waals surface area contributed by atoms with Gasteiger partial charge in [0, 0.05) is 5.30 Å². The van der Waals surface area contributed by atoms with Crippen molar-refractivity contribution in [2.45, 2.75) is 13.1 Å². The molecule has 0 amide bonds. The van der Waals surface area contributed by atoms with Crippen LogP contribution in [-0.4, -0.2) is 18.5 Å². The van der Waals surface area contributed by atoms with Gasteiger partial charge in [-0.1, -0.05) is 33.0 Å². The van der Waals surface area contributed by atoms with E-state index < -0.39 is 26.1 Å². The van der Waals surface area contributed by atoms with Crippen molar-refractivity contribution in [3.63, 3.8) is 0 Å². The zero-order valence-electron chi connectivity index (χ0n) is 8.18. The number of hydrogen-bond acceptors (Lipinski definition) is 0. The maximum absolute atomic E-state index is 13.3. The van der Waals surface area contributed by atoms with Crippen LogP contribution in [-0.2, 0) is 0 Å². The molecule has 1 aromatic carbocycles. The molecule has 1 aromatic rings. The number of halogens is 4. The molecule has 0 nitrogen and oxygen atoms in total. The third-order valence-corrected chi connectivity index (χ3v) is 4.49. The quantitative estimate of drug-likeness (QED) is 0.558. The highest BCUT2D eigenvalue weighted by Gasteiger charge is 2.32. The average molecular weight is 238 g/mol. The Morgan fingerprint density at radius 1 is 1.20 bits per heavy atom. The minimum absolute atomic E-state index is 0.215. The van der Waals surface area contributed by atoms with E-state index in [-0.39, 0.29) is 5.30 Å². The predicted octanol–water partition coefficient (Wildman–Crippen LogP) is 3.52. The Morgan fingerprint density at radius 3 is 2.27 bits per heavy atom.